The fourth-order valence-electron chi connectivity index (χ4n) is 8.45. The third kappa shape index (κ3) is 55.9. The van der Waals surface area contributed by atoms with Crippen molar-refractivity contribution in [3.63, 3.8) is 0 Å². The Kier molecular flexibility index (Phi) is 55.3. The van der Waals surface area contributed by atoms with E-state index in [4.69, 9.17) is 14.2 Å². The van der Waals surface area contributed by atoms with Crippen LogP contribution < -0.4 is 0 Å². The van der Waals surface area contributed by atoms with Crippen molar-refractivity contribution in [2.45, 2.75) is 309 Å². The number of rotatable bonds is 54. The summed E-state index contributed by atoms with van der Waals surface area (Å²) in [6.07, 6.45) is 72.2. The number of allylic oxidation sites excluding steroid dienone is 10. The molecular formula is C63H112O6. The average Bonchev–Trinajstić information content (AvgIpc) is 3.35. The van der Waals surface area contributed by atoms with E-state index in [2.05, 4.69) is 81.5 Å². The molecule has 0 heterocycles. The predicted molar refractivity (Wildman–Crippen MR) is 298 cm³/mol. The molecule has 0 spiro atoms. The quantitative estimate of drug-likeness (QED) is 0.0262. The first-order valence-corrected chi connectivity index (χ1v) is 29.8. The van der Waals surface area contributed by atoms with Crippen molar-refractivity contribution in [2.75, 3.05) is 13.2 Å². The van der Waals surface area contributed by atoms with Gasteiger partial charge in [0.25, 0.3) is 0 Å². The van der Waals surface area contributed by atoms with E-state index in [0.29, 0.717) is 19.3 Å². The van der Waals surface area contributed by atoms with Crippen LogP contribution in [-0.4, -0.2) is 37.2 Å². The van der Waals surface area contributed by atoms with Crippen molar-refractivity contribution < 1.29 is 28.6 Å². The van der Waals surface area contributed by atoms with Crippen LogP contribution in [0.5, 0.6) is 0 Å². The average molecular weight is 966 g/mol. The van der Waals surface area contributed by atoms with Gasteiger partial charge in [-0.15, -0.1) is 0 Å². The summed E-state index contributed by atoms with van der Waals surface area (Å²) in [5.74, 6) is -0.947. The summed E-state index contributed by atoms with van der Waals surface area (Å²) in [6, 6.07) is 0. The van der Waals surface area contributed by atoms with E-state index in [1.165, 1.54) is 193 Å². The molecule has 0 aromatic heterocycles. The Hall–Kier alpha value is -2.89. The SMILES string of the molecule is CCCCCC/C=C\CCCCCCCC(=O)OC[C@@H](COC(=O)CCCCCCCCCCCCC/C=C\CCCCCCCC)OC(=O)CCC/C=C\C/C=C\C/C=C\CCCCCCCC. The zero-order valence-corrected chi connectivity index (χ0v) is 45.8. The molecule has 1 atom stereocenters. The van der Waals surface area contributed by atoms with Gasteiger partial charge in [0.1, 0.15) is 13.2 Å². The van der Waals surface area contributed by atoms with Gasteiger partial charge in [-0.3, -0.25) is 14.4 Å². The minimum absolute atomic E-state index is 0.0958. The predicted octanol–water partition coefficient (Wildman–Crippen LogP) is 20.0. The van der Waals surface area contributed by atoms with Crippen LogP contribution in [0.15, 0.2) is 60.8 Å². The topological polar surface area (TPSA) is 78.9 Å². The highest BCUT2D eigenvalue weighted by Gasteiger charge is 2.19. The van der Waals surface area contributed by atoms with Crippen LogP contribution >= 0.6 is 0 Å². The molecule has 0 fully saturated rings. The Bertz CT molecular complexity index is 1250. The first-order chi connectivity index (χ1) is 34.0. The smallest absolute Gasteiger partial charge is 0.306 e. The van der Waals surface area contributed by atoms with Crippen LogP contribution in [0, 0.1) is 0 Å². The van der Waals surface area contributed by atoms with E-state index in [1.807, 2.05) is 0 Å². The highest BCUT2D eigenvalue weighted by molar-refractivity contribution is 5.71. The van der Waals surface area contributed by atoms with Crippen molar-refractivity contribution in [2.24, 2.45) is 0 Å². The molecule has 0 saturated heterocycles. The lowest BCUT2D eigenvalue weighted by molar-refractivity contribution is -0.167. The highest BCUT2D eigenvalue weighted by atomic mass is 16.6. The van der Waals surface area contributed by atoms with Crippen LogP contribution in [0.4, 0.5) is 0 Å². The van der Waals surface area contributed by atoms with Gasteiger partial charge in [0.05, 0.1) is 0 Å². The Labute approximate surface area is 428 Å². The van der Waals surface area contributed by atoms with Crippen LogP contribution in [0.3, 0.4) is 0 Å². The molecule has 0 amide bonds. The number of esters is 3. The normalized spacial score (nSPS) is 12.4. The van der Waals surface area contributed by atoms with Crippen LogP contribution in [0.2, 0.25) is 0 Å². The molecule has 0 radical (unpaired) electrons. The molecular weight excluding hydrogens is 853 g/mol. The highest BCUT2D eigenvalue weighted by Crippen LogP contribution is 2.15. The van der Waals surface area contributed by atoms with E-state index >= 15 is 0 Å². The van der Waals surface area contributed by atoms with Gasteiger partial charge in [-0.2, -0.15) is 0 Å². The zero-order chi connectivity index (χ0) is 50.0. The fourth-order valence-corrected chi connectivity index (χ4v) is 8.45. The second-order valence-electron chi connectivity index (χ2n) is 19.9. The minimum atomic E-state index is -0.804. The van der Waals surface area contributed by atoms with Crippen LogP contribution in [0.25, 0.3) is 0 Å². The van der Waals surface area contributed by atoms with Crippen molar-refractivity contribution in [1.82, 2.24) is 0 Å². The first-order valence-electron chi connectivity index (χ1n) is 29.8. The maximum Gasteiger partial charge on any atom is 0.306 e. The Morgan fingerprint density at radius 3 is 0.884 bits per heavy atom. The van der Waals surface area contributed by atoms with E-state index in [9.17, 15) is 14.4 Å². The standard InChI is InChI=1S/C63H112O6/c1-4-7-10-13-16-19-22-25-27-29-30-31-32-34-35-38-41-44-47-50-53-56-62(65)68-59-60(58-67-61(64)55-52-49-46-43-40-37-24-21-18-15-12-9-6-3)69-63(66)57-54-51-48-45-42-39-36-33-28-26-23-20-17-14-11-8-5-2/h21,24-28,36,39,45,48,60H,4-20,22-23,29-35,37-38,40-44,46-47,49-59H2,1-3H3/b24-21-,27-25-,28-26-,39-36-,48-45-/t60-/m0/s1. The number of ether oxygens (including phenoxy) is 3. The summed E-state index contributed by atoms with van der Waals surface area (Å²) in [5, 5.41) is 0. The summed E-state index contributed by atoms with van der Waals surface area (Å²) in [5.41, 5.74) is 0. The van der Waals surface area contributed by atoms with Crippen molar-refractivity contribution in [1.29, 1.82) is 0 Å². The van der Waals surface area contributed by atoms with Gasteiger partial charge in [-0.05, 0) is 103 Å². The molecule has 0 unspecified atom stereocenters. The van der Waals surface area contributed by atoms with Gasteiger partial charge < -0.3 is 14.2 Å². The third-order valence-corrected chi connectivity index (χ3v) is 13.0. The van der Waals surface area contributed by atoms with Crippen molar-refractivity contribution >= 4 is 17.9 Å². The molecule has 0 bridgehead atoms. The number of hydrogen-bond donors (Lipinski definition) is 0. The number of carbonyl (C=O) groups is 3. The largest absolute Gasteiger partial charge is 0.462 e. The summed E-state index contributed by atoms with van der Waals surface area (Å²) in [4.78, 5) is 38.1. The number of unbranched alkanes of at least 4 members (excludes halogenated alkanes) is 33. The Balaban J connectivity index is 4.39. The van der Waals surface area contributed by atoms with Gasteiger partial charge in [0, 0.05) is 19.3 Å². The molecule has 6 heteroatoms. The minimum Gasteiger partial charge on any atom is -0.462 e. The maximum absolute atomic E-state index is 12.8. The number of carbonyl (C=O) groups excluding carboxylic acids is 3. The van der Waals surface area contributed by atoms with Crippen LogP contribution in [0.1, 0.15) is 303 Å². The molecule has 6 nitrogen and oxygen atoms in total. The Morgan fingerprint density at radius 2 is 0.536 bits per heavy atom. The molecule has 69 heavy (non-hydrogen) atoms. The molecule has 0 aliphatic heterocycles. The van der Waals surface area contributed by atoms with Gasteiger partial charge in [0.15, 0.2) is 6.10 Å². The zero-order valence-electron chi connectivity index (χ0n) is 45.8. The van der Waals surface area contributed by atoms with Gasteiger partial charge in [-0.1, -0.05) is 242 Å². The molecule has 0 aromatic rings. The second kappa shape index (κ2) is 57.7. The molecule has 0 aliphatic carbocycles. The third-order valence-electron chi connectivity index (χ3n) is 13.0. The van der Waals surface area contributed by atoms with E-state index in [-0.39, 0.29) is 37.5 Å². The lowest BCUT2D eigenvalue weighted by Gasteiger charge is -2.18. The molecule has 0 aliphatic rings. The molecule has 400 valence electrons. The summed E-state index contributed by atoms with van der Waals surface area (Å²) >= 11 is 0. The fraction of sp³-hybridized carbons (Fsp3) is 0.794. The molecule has 0 rings (SSSR count). The van der Waals surface area contributed by atoms with Crippen molar-refractivity contribution in [3.8, 4) is 0 Å². The second-order valence-corrected chi connectivity index (χ2v) is 19.9. The van der Waals surface area contributed by atoms with E-state index in [0.717, 1.165) is 64.2 Å². The van der Waals surface area contributed by atoms with E-state index in [1.54, 1.807) is 0 Å². The summed E-state index contributed by atoms with van der Waals surface area (Å²) in [6.45, 7) is 6.59. The van der Waals surface area contributed by atoms with Gasteiger partial charge >= 0.3 is 17.9 Å². The van der Waals surface area contributed by atoms with Crippen LogP contribution in [-0.2, 0) is 28.6 Å². The maximum atomic E-state index is 12.8. The van der Waals surface area contributed by atoms with Gasteiger partial charge in [0.2, 0.25) is 0 Å². The lowest BCUT2D eigenvalue weighted by atomic mass is 10.0. The summed E-state index contributed by atoms with van der Waals surface area (Å²) in [7, 11) is 0. The van der Waals surface area contributed by atoms with E-state index < -0.39 is 6.10 Å². The molecule has 0 aromatic carbocycles. The lowest BCUT2D eigenvalue weighted by Crippen LogP contribution is -2.30. The number of hydrogen-bond acceptors (Lipinski definition) is 6. The molecule has 0 N–H and O–H groups in total. The monoisotopic (exact) mass is 965 g/mol. The summed E-state index contributed by atoms with van der Waals surface area (Å²) < 4.78 is 16.8. The first kappa shape index (κ1) is 66.1. The Morgan fingerprint density at radius 1 is 0.290 bits per heavy atom. The van der Waals surface area contributed by atoms with Gasteiger partial charge in [-0.25, -0.2) is 0 Å². The van der Waals surface area contributed by atoms with Crippen molar-refractivity contribution in [3.05, 3.63) is 60.8 Å². The molecule has 0 saturated carbocycles.